The lowest BCUT2D eigenvalue weighted by atomic mass is 9.65. The number of hydrogen-bond donors (Lipinski definition) is 0. The Morgan fingerprint density at radius 1 is 1.33 bits per heavy atom. The van der Waals surface area contributed by atoms with Crippen molar-refractivity contribution in [2.45, 2.75) is 25.7 Å². The van der Waals surface area contributed by atoms with Gasteiger partial charge < -0.3 is 4.74 Å². The molecule has 1 saturated carbocycles. The lowest BCUT2D eigenvalue weighted by molar-refractivity contribution is -0.158. The number of carbonyl (C=O) groups is 1. The van der Waals surface area contributed by atoms with Crippen LogP contribution in [0.1, 0.15) is 24.8 Å². The van der Waals surface area contributed by atoms with Crippen molar-refractivity contribution in [1.82, 2.24) is 0 Å². The van der Waals surface area contributed by atoms with Gasteiger partial charge in [0, 0.05) is 0 Å². The molecular weight excluding hydrogens is 188 g/mol. The lowest BCUT2D eigenvalue weighted by Crippen LogP contribution is -2.40. The first-order valence-corrected chi connectivity index (χ1v) is 5.39. The molecular formula is C13H16O2. The molecule has 1 fully saturated rings. The van der Waals surface area contributed by atoms with Crippen molar-refractivity contribution in [1.29, 1.82) is 0 Å². The van der Waals surface area contributed by atoms with Gasteiger partial charge in [0.2, 0.25) is 0 Å². The van der Waals surface area contributed by atoms with E-state index in [4.69, 9.17) is 4.74 Å². The van der Waals surface area contributed by atoms with Crippen molar-refractivity contribution < 1.29 is 9.53 Å². The summed E-state index contributed by atoms with van der Waals surface area (Å²) in [7, 11) is 1.48. The molecule has 1 aliphatic carbocycles. The Balaban J connectivity index is 2.12. The van der Waals surface area contributed by atoms with Crippen LogP contribution in [0.15, 0.2) is 30.3 Å². The highest BCUT2D eigenvalue weighted by Gasteiger charge is 2.44. The summed E-state index contributed by atoms with van der Waals surface area (Å²) in [6, 6.07) is 10.2. The molecule has 80 valence electrons. The maximum absolute atomic E-state index is 11.7. The molecule has 2 heteroatoms. The molecule has 0 unspecified atom stereocenters. The smallest absolute Gasteiger partial charge is 0.312 e. The number of rotatable bonds is 3. The molecule has 0 heterocycles. The Hall–Kier alpha value is -1.31. The SMILES string of the molecule is COC(=O)C1(Cc2ccccc2)CCC1. The minimum atomic E-state index is -0.226. The summed E-state index contributed by atoms with van der Waals surface area (Å²) in [5, 5.41) is 0. The summed E-state index contributed by atoms with van der Waals surface area (Å²) in [5.41, 5.74) is 0.999. The van der Waals surface area contributed by atoms with Crippen molar-refractivity contribution in [2.24, 2.45) is 5.41 Å². The molecule has 0 saturated heterocycles. The van der Waals surface area contributed by atoms with Gasteiger partial charge in [0.15, 0.2) is 0 Å². The number of hydrogen-bond acceptors (Lipinski definition) is 2. The van der Waals surface area contributed by atoms with E-state index in [2.05, 4.69) is 12.1 Å². The second kappa shape index (κ2) is 4.05. The molecule has 2 rings (SSSR count). The van der Waals surface area contributed by atoms with Gasteiger partial charge in [-0.2, -0.15) is 0 Å². The normalized spacial score (nSPS) is 17.9. The average molecular weight is 204 g/mol. The molecule has 2 nitrogen and oxygen atoms in total. The van der Waals surface area contributed by atoms with Crippen LogP contribution in [-0.4, -0.2) is 13.1 Å². The number of esters is 1. The fourth-order valence-electron chi connectivity index (χ4n) is 2.26. The minimum Gasteiger partial charge on any atom is -0.469 e. The van der Waals surface area contributed by atoms with Gasteiger partial charge in [-0.1, -0.05) is 36.8 Å². The largest absolute Gasteiger partial charge is 0.469 e. The van der Waals surface area contributed by atoms with E-state index in [-0.39, 0.29) is 11.4 Å². The zero-order chi connectivity index (χ0) is 10.7. The van der Waals surface area contributed by atoms with Gasteiger partial charge in [0.05, 0.1) is 12.5 Å². The van der Waals surface area contributed by atoms with E-state index >= 15 is 0 Å². The molecule has 0 spiro atoms. The lowest BCUT2D eigenvalue weighted by Gasteiger charge is -2.39. The molecule has 1 aromatic carbocycles. The predicted molar refractivity (Wildman–Crippen MR) is 58.4 cm³/mol. The number of carbonyl (C=O) groups excluding carboxylic acids is 1. The van der Waals surface area contributed by atoms with Crippen LogP contribution in [0.2, 0.25) is 0 Å². The third kappa shape index (κ3) is 1.89. The Morgan fingerprint density at radius 3 is 2.47 bits per heavy atom. The molecule has 0 amide bonds. The van der Waals surface area contributed by atoms with E-state index in [1.54, 1.807) is 0 Å². The molecule has 1 aliphatic rings. The van der Waals surface area contributed by atoms with Crippen LogP contribution in [0, 0.1) is 5.41 Å². The molecule has 15 heavy (non-hydrogen) atoms. The Morgan fingerprint density at radius 2 is 2.00 bits per heavy atom. The van der Waals surface area contributed by atoms with Gasteiger partial charge in [0.1, 0.15) is 0 Å². The second-order valence-corrected chi connectivity index (χ2v) is 4.29. The van der Waals surface area contributed by atoms with Gasteiger partial charge in [-0.25, -0.2) is 0 Å². The van der Waals surface area contributed by atoms with Crippen molar-refractivity contribution in [2.75, 3.05) is 7.11 Å². The number of ether oxygens (including phenoxy) is 1. The van der Waals surface area contributed by atoms with Crippen molar-refractivity contribution >= 4 is 5.97 Å². The van der Waals surface area contributed by atoms with Gasteiger partial charge in [-0.15, -0.1) is 0 Å². The van der Waals surface area contributed by atoms with Crippen LogP contribution in [0.5, 0.6) is 0 Å². The van der Waals surface area contributed by atoms with Gasteiger partial charge in [-0.3, -0.25) is 4.79 Å². The Bertz CT molecular complexity index is 339. The molecule has 0 aromatic heterocycles. The van der Waals surface area contributed by atoms with Crippen LogP contribution in [0.25, 0.3) is 0 Å². The molecule has 0 aliphatic heterocycles. The molecule has 0 radical (unpaired) electrons. The highest BCUT2D eigenvalue weighted by Crippen LogP contribution is 2.44. The topological polar surface area (TPSA) is 26.3 Å². The zero-order valence-corrected chi connectivity index (χ0v) is 9.03. The van der Waals surface area contributed by atoms with Crippen molar-refractivity contribution in [3.8, 4) is 0 Å². The monoisotopic (exact) mass is 204 g/mol. The first-order valence-electron chi connectivity index (χ1n) is 5.39. The standard InChI is InChI=1S/C13H16O2/c1-15-12(14)13(8-5-9-13)10-11-6-3-2-4-7-11/h2-4,6-7H,5,8-10H2,1H3. The maximum atomic E-state index is 11.7. The first kappa shape index (κ1) is 10.2. The third-order valence-corrected chi connectivity index (χ3v) is 3.31. The van der Waals surface area contributed by atoms with Crippen LogP contribution in [0.3, 0.4) is 0 Å². The summed E-state index contributed by atoms with van der Waals surface area (Å²) in [5.74, 6) is -0.0439. The van der Waals surface area contributed by atoms with E-state index in [0.29, 0.717) is 0 Å². The summed E-state index contributed by atoms with van der Waals surface area (Å²) in [6.07, 6.45) is 3.89. The fourth-order valence-corrected chi connectivity index (χ4v) is 2.26. The predicted octanol–water partition coefficient (Wildman–Crippen LogP) is 2.57. The highest BCUT2D eigenvalue weighted by molar-refractivity contribution is 5.78. The van der Waals surface area contributed by atoms with E-state index < -0.39 is 0 Å². The highest BCUT2D eigenvalue weighted by atomic mass is 16.5. The van der Waals surface area contributed by atoms with Crippen molar-refractivity contribution in [3.05, 3.63) is 35.9 Å². The summed E-state index contributed by atoms with van der Waals surface area (Å²) >= 11 is 0. The second-order valence-electron chi connectivity index (χ2n) is 4.29. The zero-order valence-electron chi connectivity index (χ0n) is 9.03. The molecule has 1 aromatic rings. The summed E-state index contributed by atoms with van der Waals surface area (Å²) in [6.45, 7) is 0. The molecule has 0 bridgehead atoms. The number of benzene rings is 1. The maximum Gasteiger partial charge on any atom is 0.312 e. The average Bonchev–Trinajstić information content (AvgIpc) is 2.24. The molecule has 0 atom stereocenters. The quantitative estimate of drug-likeness (QED) is 0.707. The van der Waals surface area contributed by atoms with Crippen LogP contribution >= 0.6 is 0 Å². The van der Waals surface area contributed by atoms with E-state index in [1.807, 2.05) is 18.2 Å². The van der Waals surface area contributed by atoms with Crippen molar-refractivity contribution in [3.63, 3.8) is 0 Å². The Labute approximate surface area is 90.3 Å². The fraction of sp³-hybridized carbons (Fsp3) is 0.462. The summed E-state index contributed by atoms with van der Waals surface area (Å²) in [4.78, 5) is 11.7. The van der Waals surface area contributed by atoms with Crippen LogP contribution in [0.4, 0.5) is 0 Å². The van der Waals surface area contributed by atoms with E-state index in [1.165, 1.54) is 12.7 Å². The van der Waals surface area contributed by atoms with Gasteiger partial charge in [0.25, 0.3) is 0 Å². The van der Waals surface area contributed by atoms with Gasteiger partial charge >= 0.3 is 5.97 Å². The van der Waals surface area contributed by atoms with Crippen LogP contribution in [-0.2, 0) is 16.0 Å². The number of methoxy groups -OCH3 is 1. The van der Waals surface area contributed by atoms with E-state index in [9.17, 15) is 4.79 Å². The van der Waals surface area contributed by atoms with Gasteiger partial charge in [-0.05, 0) is 24.8 Å². The van der Waals surface area contributed by atoms with E-state index in [0.717, 1.165) is 25.7 Å². The molecule has 0 N–H and O–H groups in total. The minimum absolute atomic E-state index is 0.0439. The Kier molecular flexibility index (Phi) is 2.76. The third-order valence-electron chi connectivity index (χ3n) is 3.31. The van der Waals surface area contributed by atoms with Crippen LogP contribution < -0.4 is 0 Å². The summed E-state index contributed by atoms with van der Waals surface area (Å²) < 4.78 is 4.89. The first-order chi connectivity index (χ1) is 7.27.